The normalized spacial score (nSPS) is 15.4. The number of fused-ring (bicyclic) bond motifs is 1. The van der Waals surface area contributed by atoms with Gasteiger partial charge < -0.3 is 10.2 Å². The van der Waals surface area contributed by atoms with Crippen molar-refractivity contribution in [2.75, 3.05) is 29.9 Å². The summed E-state index contributed by atoms with van der Waals surface area (Å²) >= 11 is 1.85. The SMILES string of the molecule is CC(Nc1c(C(=O)N2CCSCC2)cnc2ccc(F)cc12)c1ccccc1. The second kappa shape index (κ2) is 8.19. The molecule has 0 radical (unpaired) electrons. The summed E-state index contributed by atoms with van der Waals surface area (Å²) < 4.78 is 14.0. The summed E-state index contributed by atoms with van der Waals surface area (Å²) in [7, 11) is 0. The summed E-state index contributed by atoms with van der Waals surface area (Å²) in [6.45, 7) is 3.48. The van der Waals surface area contributed by atoms with E-state index in [9.17, 15) is 9.18 Å². The van der Waals surface area contributed by atoms with Crippen LogP contribution in [0.2, 0.25) is 0 Å². The summed E-state index contributed by atoms with van der Waals surface area (Å²) in [5.41, 5.74) is 2.89. The molecule has 2 aromatic carbocycles. The fourth-order valence-corrected chi connectivity index (χ4v) is 4.36. The number of pyridine rings is 1. The Kier molecular flexibility index (Phi) is 5.48. The van der Waals surface area contributed by atoms with Crippen molar-refractivity contribution in [2.45, 2.75) is 13.0 Å². The molecule has 1 N–H and O–H groups in total. The third-order valence-electron chi connectivity index (χ3n) is 5.02. The number of hydrogen-bond donors (Lipinski definition) is 1. The fraction of sp³-hybridized carbons (Fsp3) is 0.273. The number of aromatic nitrogens is 1. The van der Waals surface area contributed by atoms with Gasteiger partial charge in [0.25, 0.3) is 5.91 Å². The molecule has 0 aliphatic carbocycles. The molecule has 0 bridgehead atoms. The highest BCUT2D eigenvalue weighted by atomic mass is 32.2. The van der Waals surface area contributed by atoms with E-state index in [1.54, 1.807) is 12.3 Å². The molecule has 2 heterocycles. The van der Waals surface area contributed by atoms with Crippen molar-refractivity contribution in [3.05, 3.63) is 71.7 Å². The van der Waals surface area contributed by atoms with Crippen LogP contribution in [0, 0.1) is 5.82 Å². The van der Waals surface area contributed by atoms with E-state index >= 15 is 0 Å². The van der Waals surface area contributed by atoms with Gasteiger partial charge in [-0.05, 0) is 30.7 Å². The molecule has 3 aromatic rings. The zero-order valence-electron chi connectivity index (χ0n) is 15.7. The number of carbonyl (C=O) groups is 1. The van der Waals surface area contributed by atoms with E-state index in [-0.39, 0.29) is 17.8 Å². The molecule has 1 atom stereocenters. The van der Waals surface area contributed by atoms with E-state index in [1.165, 1.54) is 12.1 Å². The van der Waals surface area contributed by atoms with Crippen molar-refractivity contribution in [2.24, 2.45) is 0 Å². The van der Waals surface area contributed by atoms with E-state index in [1.807, 2.05) is 53.9 Å². The van der Waals surface area contributed by atoms with Gasteiger partial charge >= 0.3 is 0 Å². The van der Waals surface area contributed by atoms with Crippen molar-refractivity contribution < 1.29 is 9.18 Å². The molecule has 0 saturated carbocycles. The molecule has 6 heteroatoms. The Hall–Kier alpha value is -2.60. The van der Waals surface area contributed by atoms with Gasteiger partial charge in [-0.1, -0.05) is 30.3 Å². The molecule has 1 saturated heterocycles. The number of nitrogens with one attached hydrogen (secondary N) is 1. The van der Waals surface area contributed by atoms with Crippen LogP contribution in [0.3, 0.4) is 0 Å². The average Bonchev–Trinajstić information content (AvgIpc) is 2.75. The lowest BCUT2D eigenvalue weighted by Crippen LogP contribution is -2.38. The van der Waals surface area contributed by atoms with Crippen molar-refractivity contribution in [1.82, 2.24) is 9.88 Å². The molecule has 144 valence electrons. The smallest absolute Gasteiger partial charge is 0.257 e. The van der Waals surface area contributed by atoms with Gasteiger partial charge in [-0.15, -0.1) is 0 Å². The number of benzene rings is 2. The number of thioether (sulfide) groups is 1. The zero-order chi connectivity index (χ0) is 19.5. The van der Waals surface area contributed by atoms with Crippen molar-refractivity contribution >= 4 is 34.3 Å². The topological polar surface area (TPSA) is 45.2 Å². The maximum atomic E-state index is 14.0. The number of anilines is 1. The Bertz CT molecular complexity index is 990. The molecule has 1 aliphatic heterocycles. The van der Waals surface area contributed by atoms with Crippen LogP contribution in [-0.2, 0) is 0 Å². The Balaban J connectivity index is 1.78. The fourth-order valence-electron chi connectivity index (χ4n) is 3.46. The maximum Gasteiger partial charge on any atom is 0.257 e. The number of rotatable bonds is 4. The average molecular weight is 396 g/mol. The molecule has 4 nitrogen and oxygen atoms in total. The third-order valence-corrected chi connectivity index (χ3v) is 5.96. The number of halogens is 1. The standard InChI is InChI=1S/C22H22FN3OS/c1-15(16-5-3-2-4-6-16)25-21-18-13-17(23)7-8-20(18)24-14-19(21)22(27)26-9-11-28-12-10-26/h2-8,13-15H,9-12H2,1H3,(H,24,25). The first-order valence-corrected chi connectivity index (χ1v) is 10.6. The highest BCUT2D eigenvalue weighted by Gasteiger charge is 2.24. The van der Waals surface area contributed by atoms with Crippen molar-refractivity contribution in [1.29, 1.82) is 0 Å². The maximum absolute atomic E-state index is 14.0. The molecule has 1 unspecified atom stereocenters. The minimum absolute atomic E-state index is 0.0430. The number of nitrogens with zero attached hydrogens (tertiary/aromatic N) is 2. The van der Waals surface area contributed by atoms with Crippen LogP contribution in [0.1, 0.15) is 28.9 Å². The van der Waals surface area contributed by atoms with Crippen LogP contribution < -0.4 is 5.32 Å². The Morgan fingerprint density at radius 1 is 1.18 bits per heavy atom. The van der Waals surface area contributed by atoms with E-state index in [2.05, 4.69) is 10.3 Å². The van der Waals surface area contributed by atoms with Crippen LogP contribution in [0.5, 0.6) is 0 Å². The summed E-state index contributed by atoms with van der Waals surface area (Å²) in [5.74, 6) is 1.47. The lowest BCUT2D eigenvalue weighted by atomic mass is 10.0. The second-order valence-corrected chi connectivity index (χ2v) is 8.11. The van der Waals surface area contributed by atoms with Gasteiger partial charge in [0, 0.05) is 42.2 Å². The predicted molar refractivity (Wildman–Crippen MR) is 113 cm³/mol. The molecule has 1 fully saturated rings. The highest BCUT2D eigenvalue weighted by molar-refractivity contribution is 7.99. The van der Waals surface area contributed by atoms with Crippen molar-refractivity contribution in [3.8, 4) is 0 Å². The van der Waals surface area contributed by atoms with Gasteiger partial charge in [0.2, 0.25) is 0 Å². The number of carbonyl (C=O) groups excluding carboxylic acids is 1. The minimum Gasteiger partial charge on any atom is -0.377 e. The Morgan fingerprint density at radius 2 is 1.93 bits per heavy atom. The molecule has 28 heavy (non-hydrogen) atoms. The molecular formula is C22H22FN3OS. The lowest BCUT2D eigenvalue weighted by molar-refractivity contribution is 0.0773. The first-order valence-electron chi connectivity index (χ1n) is 9.40. The molecule has 4 rings (SSSR count). The first kappa shape index (κ1) is 18.7. The van der Waals surface area contributed by atoms with Crippen LogP contribution >= 0.6 is 11.8 Å². The lowest BCUT2D eigenvalue weighted by Gasteiger charge is -2.28. The highest BCUT2D eigenvalue weighted by Crippen LogP contribution is 2.31. The van der Waals surface area contributed by atoms with Crippen LogP contribution in [0.25, 0.3) is 10.9 Å². The van der Waals surface area contributed by atoms with Crippen molar-refractivity contribution in [3.63, 3.8) is 0 Å². The first-order chi connectivity index (χ1) is 13.6. The van der Waals surface area contributed by atoms with E-state index in [0.29, 0.717) is 22.2 Å². The Labute approximate surface area is 168 Å². The summed E-state index contributed by atoms with van der Waals surface area (Å²) in [6.07, 6.45) is 1.62. The van der Waals surface area contributed by atoms with E-state index < -0.39 is 0 Å². The number of hydrogen-bond acceptors (Lipinski definition) is 4. The zero-order valence-corrected chi connectivity index (χ0v) is 16.5. The van der Waals surface area contributed by atoms with Crippen LogP contribution in [0.4, 0.5) is 10.1 Å². The monoisotopic (exact) mass is 395 g/mol. The largest absolute Gasteiger partial charge is 0.377 e. The van der Waals surface area contributed by atoms with E-state index in [4.69, 9.17) is 0 Å². The van der Waals surface area contributed by atoms with Gasteiger partial charge in [0.05, 0.1) is 16.8 Å². The minimum atomic E-state index is -0.344. The van der Waals surface area contributed by atoms with Gasteiger partial charge in [-0.3, -0.25) is 9.78 Å². The van der Waals surface area contributed by atoms with Crippen LogP contribution in [-0.4, -0.2) is 40.4 Å². The summed E-state index contributed by atoms with van der Waals surface area (Å²) in [6, 6.07) is 14.4. The molecular weight excluding hydrogens is 373 g/mol. The molecule has 1 aromatic heterocycles. The van der Waals surface area contributed by atoms with Gasteiger partial charge in [-0.2, -0.15) is 11.8 Å². The molecule has 1 aliphatic rings. The Morgan fingerprint density at radius 3 is 2.68 bits per heavy atom. The predicted octanol–water partition coefficient (Wildman–Crippen LogP) is 4.74. The molecule has 0 spiro atoms. The van der Waals surface area contributed by atoms with Gasteiger partial charge in [-0.25, -0.2) is 4.39 Å². The quantitative estimate of drug-likeness (QED) is 0.693. The summed E-state index contributed by atoms with van der Waals surface area (Å²) in [4.78, 5) is 19.5. The number of amides is 1. The molecule has 1 amide bonds. The van der Waals surface area contributed by atoms with Gasteiger partial charge in [0.15, 0.2) is 0 Å². The van der Waals surface area contributed by atoms with Gasteiger partial charge in [0.1, 0.15) is 5.82 Å². The van der Waals surface area contributed by atoms with E-state index in [0.717, 1.165) is 30.2 Å². The second-order valence-electron chi connectivity index (χ2n) is 6.89. The third kappa shape index (κ3) is 3.83. The summed E-state index contributed by atoms with van der Waals surface area (Å²) in [5, 5.41) is 4.08. The van der Waals surface area contributed by atoms with Crippen LogP contribution in [0.15, 0.2) is 54.7 Å².